The van der Waals surface area contributed by atoms with Gasteiger partial charge in [-0.15, -0.1) is 0 Å². The van der Waals surface area contributed by atoms with Crippen LogP contribution in [0.5, 0.6) is 5.75 Å². The minimum atomic E-state index is -0.481. The van der Waals surface area contributed by atoms with Crippen molar-refractivity contribution in [3.8, 4) is 5.75 Å². The normalized spacial score (nSPS) is 10.7. The lowest BCUT2D eigenvalue weighted by molar-refractivity contribution is -0.118. The zero-order valence-electron chi connectivity index (χ0n) is 13.1. The van der Waals surface area contributed by atoms with Crippen molar-refractivity contribution in [1.29, 1.82) is 0 Å². The maximum absolute atomic E-state index is 13.8. The van der Waals surface area contributed by atoms with Crippen LogP contribution < -0.4 is 10.1 Å². The molecule has 0 atom stereocenters. The second-order valence-corrected chi connectivity index (χ2v) is 7.10. The van der Waals surface area contributed by atoms with Gasteiger partial charge in [-0.1, -0.05) is 28.1 Å². The third-order valence-electron chi connectivity index (χ3n) is 3.50. The Kier molecular flexibility index (Phi) is 5.34. The Morgan fingerprint density at radius 2 is 2.04 bits per heavy atom. The number of amides is 1. The van der Waals surface area contributed by atoms with Crippen LogP contribution in [0.3, 0.4) is 0 Å². The van der Waals surface area contributed by atoms with E-state index in [1.165, 1.54) is 12.1 Å². The average Bonchev–Trinajstić information content (AvgIpc) is 2.57. The smallest absolute Gasteiger partial charge is 0.262 e. The fourth-order valence-corrected chi connectivity index (χ4v) is 3.72. The summed E-state index contributed by atoms with van der Waals surface area (Å²) in [5, 5.41) is 3.37. The van der Waals surface area contributed by atoms with E-state index < -0.39 is 11.7 Å². The van der Waals surface area contributed by atoms with Crippen LogP contribution in [0.4, 0.5) is 10.1 Å². The van der Waals surface area contributed by atoms with E-state index in [0.29, 0.717) is 15.7 Å². The van der Waals surface area contributed by atoms with Gasteiger partial charge in [-0.05, 0) is 52.7 Å². The number of halogens is 3. The third-order valence-corrected chi connectivity index (χ3v) is 4.74. The maximum Gasteiger partial charge on any atom is 0.262 e. The zero-order valence-corrected chi connectivity index (χ0v) is 16.3. The molecule has 25 heavy (non-hydrogen) atoms. The first kappa shape index (κ1) is 17.8. The molecule has 0 aliphatic rings. The molecule has 2 aromatic carbocycles. The number of nitrogens with one attached hydrogen (secondary N) is 1. The second kappa shape index (κ2) is 7.49. The number of fused-ring (bicyclic) bond motifs is 1. The van der Waals surface area contributed by atoms with Crippen LogP contribution in [0.25, 0.3) is 10.9 Å². The van der Waals surface area contributed by atoms with Crippen molar-refractivity contribution in [2.45, 2.75) is 6.92 Å². The van der Waals surface area contributed by atoms with Crippen LogP contribution in [0, 0.1) is 12.7 Å². The molecule has 0 bridgehead atoms. The van der Waals surface area contributed by atoms with Crippen molar-refractivity contribution in [3.05, 3.63) is 62.9 Å². The van der Waals surface area contributed by atoms with Crippen molar-refractivity contribution in [2.24, 2.45) is 0 Å². The molecule has 1 aromatic heterocycles. The summed E-state index contributed by atoms with van der Waals surface area (Å²) < 4.78 is 21.0. The summed E-state index contributed by atoms with van der Waals surface area (Å²) in [5.74, 6) is -0.481. The molecule has 3 rings (SSSR count). The Bertz CT molecular complexity index is 963. The molecule has 7 heteroatoms. The Morgan fingerprint density at radius 1 is 1.24 bits per heavy atom. The van der Waals surface area contributed by atoms with Crippen LogP contribution in [0.2, 0.25) is 0 Å². The average molecular weight is 468 g/mol. The molecule has 4 nitrogen and oxygen atoms in total. The molecule has 0 fully saturated rings. The Balaban J connectivity index is 1.77. The number of benzene rings is 2. The number of anilines is 1. The van der Waals surface area contributed by atoms with Gasteiger partial charge in [0.05, 0.1) is 10.2 Å². The molecular formula is C18H13Br2FN2O2. The Labute approximate surface area is 160 Å². The lowest BCUT2D eigenvalue weighted by Gasteiger charge is -2.12. The van der Waals surface area contributed by atoms with Crippen molar-refractivity contribution >= 4 is 54.4 Å². The van der Waals surface area contributed by atoms with Gasteiger partial charge in [-0.3, -0.25) is 9.78 Å². The van der Waals surface area contributed by atoms with Crippen LogP contribution in [-0.4, -0.2) is 17.5 Å². The highest BCUT2D eigenvalue weighted by Crippen LogP contribution is 2.37. The highest BCUT2D eigenvalue weighted by molar-refractivity contribution is 9.11. The number of carbonyl (C=O) groups excluding carboxylic acids is 1. The standard InChI is InChI=1S/C18H13Br2FN2O2/c1-10-4-5-15(14(21)7-10)23-16(24)9-25-18-13(20)8-12(19)11-3-2-6-22-17(11)18/h2-8H,9H2,1H3,(H,23,24). The molecule has 0 saturated carbocycles. The van der Waals surface area contributed by atoms with E-state index in [2.05, 4.69) is 42.2 Å². The fourth-order valence-electron chi connectivity index (χ4n) is 2.33. The largest absolute Gasteiger partial charge is 0.480 e. The molecule has 0 aliphatic heterocycles. The van der Waals surface area contributed by atoms with E-state index in [9.17, 15) is 9.18 Å². The molecule has 0 aliphatic carbocycles. The first-order valence-electron chi connectivity index (χ1n) is 7.37. The van der Waals surface area contributed by atoms with Crippen LogP contribution in [-0.2, 0) is 4.79 Å². The van der Waals surface area contributed by atoms with Gasteiger partial charge in [0, 0.05) is 16.1 Å². The molecule has 1 N–H and O–H groups in total. The molecule has 0 saturated heterocycles. The topological polar surface area (TPSA) is 51.2 Å². The number of hydrogen-bond donors (Lipinski definition) is 1. The minimum absolute atomic E-state index is 0.122. The van der Waals surface area contributed by atoms with Gasteiger partial charge < -0.3 is 10.1 Å². The molecule has 1 heterocycles. The van der Waals surface area contributed by atoms with Crippen molar-refractivity contribution < 1.29 is 13.9 Å². The van der Waals surface area contributed by atoms with E-state index in [-0.39, 0.29) is 12.3 Å². The quantitative estimate of drug-likeness (QED) is 0.571. The number of ether oxygens (including phenoxy) is 1. The summed E-state index contributed by atoms with van der Waals surface area (Å²) >= 11 is 6.89. The summed E-state index contributed by atoms with van der Waals surface area (Å²) in [7, 11) is 0. The van der Waals surface area contributed by atoms with Gasteiger partial charge >= 0.3 is 0 Å². The summed E-state index contributed by atoms with van der Waals surface area (Å²) in [6, 6.07) is 10.2. The maximum atomic E-state index is 13.8. The number of rotatable bonds is 4. The molecule has 128 valence electrons. The van der Waals surface area contributed by atoms with E-state index in [1.54, 1.807) is 19.2 Å². The lowest BCUT2D eigenvalue weighted by Crippen LogP contribution is -2.21. The summed E-state index contributed by atoms with van der Waals surface area (Å²) in [6.45, 7) is 1.51. The van der Waals surface area contributed by atoms with Gasteiger partial charge in [-0.2, -0.15) is 0 Å². The van der Waals surface area contributed by atoms with Crippen molar-refractivity contribution in [3.63, 3.8) is 0 Å². The highest BCUT2D eigenvalue weighted by Gasteiger charge is 2.14. The first-order valence-corrected chi connectivity index (χ1v) is 8.96. The molecule has 0 unspecified atom stereocenters. The predicted molar refractivity (Wildman–Crippen MR) is 102 cm³/mol. The number of nitrogens with zero attached hydrogens (tertiary/aromatic N) is 1. The van der Waals surface area contributed by atoms with E-state index >= 15 is 0 Å². The second-order valence-electron chi connectivity index (χ2n) is 5.39. The number of hydrogen-bond acceptors (Lipinski definition) is 3. The Hall–Kier alpha value is -1.99. The SMILES string of the molecule is Cc1ccc(NC(=O)COc2c(Br)cc(Br)c3cccnc23)c(F)c1. The van der Waals surface area contributed by atoms with Gasteiger partial charge in [0.15, 0.2) is 12.4 Å². The van der Waals surface area contributed by atoms with Crippen molar-refractivity contribution in [1.82, 2.24) is 4.98 Å². The van der Waals surface area contributed by atoms with Crippen LogP contribution in [0.1, 0.15) is 5.56 Å². The highest BCUT2D eigenvalue weighted by atomic mass is 79.9. The first-order chi connectivity index (χ1) is 12.0. The van der Waals surface area contributed by atoms with E-state index in [0.717, 1.165) is 15.4 Å². The molecule has 0 spiro atoms. The van der Waals surface area contributed by atoms with Gasteiger partial charge in [-0.25, -0.2) is 4.39 Å². The van der Waals surface area contributed by atoms with Crippen molar-refractivity contribution in [2.75, 3.05) is 11.9 Å². The van der Waals surface area contributed by atoms with E-state index in [4.69, 9.17) is 4.74 Å². The number of aromatic nitrogens is 1. The van der Waals surface area contributed by atoms with Gasteiger partial charge in [0.25, 0.3) is 5.91 Å². The van der Waals surface area contributed by atoms with Crippen LogP contribution >= 0.6 is 31.9 Å². The number of carbonyl (C=O) groups is 1. The summed E-state index contributed by atoms with van der Waals surface area (Å²) in [5.41, 5.74) is 1.53. The monoisotopic (exact) mass is 466 g/mol. The summed E-state index contributed by atoms with van der Waals surface area (Å²) in [6.07, 6.45) is 1.65. The summed E-state index contributed by atoms with van der Waals surface area (Å²) in [4.78, 5) is 16.4. The molecule has 0 radical (unpaired) electrons. The van der Waals surface area contributed by atoms with E-state index in [1.807, 2.05) is 18.2 Å². The minimum Gasteiger partial charge on any atom is -0.480 e. The third kappa shape index (κ3) is 3.99. The van der Waals surface area contributed by atoms with Gasteiger partial charge in [0.2, 0.25) is 0 Å². The Morgan fingerprint density at radius 3 is 2.80 bits per heavy atom. The van der Waals surface area contributed by atoms with Crippen LogP contribution in [0.15, 0.2) is 51.5 Å². The fraction of sp³-hybridized carbons (Fsp3) is 0.111. The van der Waals surface area contributed by atoms with Gasteiger partial charge in [0.1, 0.15) is 11.3 Å². The predicted octanol–water partition coefficient (Wildman–Crippen LogP) is 5.22. The number of pyridine rings is 1. The molecule has 3 aromatic rings. The molecule has 1 amide bonds. The molecular weight excluding hydrogens is 455 g/mol. The number of aryl methyl sites for hydroxylation is 1. The zero-order chi connectivity index (χ0) is 18.0. The lowest BCUT2D eigenvalue weighted by atomic mass is 10.2.